The number of nitrogens with one attached hydrogen (secondary N) is 1. The second-order valence-corrected chi connectivity index (χ2v) is 27.9. The van der Waals surface area contributed by atoms with Crippen LogP contribution >= 0.6 is 57.7 Å². The first-order valence-corrected chi connectivity index (χ1v) is 35.4. The molecular weight excluding hydrogens is 1340 g/mol. The molecule has 2 amide bonds. The van der Waals surface area contributed by atoms with Crippen LogP contribution in [0.2, 0.25) is 20.1 Å². The maximum atomic E-state index is 12.8. The number of thiophene rings is 1. The van der Waals surface area contributed by atoms with Crippen molar-refractivity contribution >= 4 is 114 Å². The van der Waals surface area contributed by atoms with Crippen LogP contribution in [0.25, 0.3) is 99.7 Å². The molecule has 3 aliphatic carbocycles. The van der Waals surface area contributed by atoms with Crippen LogP contribution in [0.3, 0.4) is 0 Å². The summed E-state index contributed by atoms with van der Waals surface area (Å²) in [6.07, 6.45) is 11.1. The molecule has 9 aromatic heterocycles. The number of benzene rings is 4. The van der Waals surface area contributed by atoms with Crippen molar-refractivity contribution in [3.05, 3.63) is 176 Å². The van der Waals surface area contributed by atoms with Gasteiger partial charge in [-0.3, -0.25) is 14.7 Å². The molecule has 26 heteroatoms. The number of aromatic nitrogens is 16. The van der Waals surface area contributed by atoms with E-state index in [-0.39, 0.29) is 31.5 Å². The van der Waals surface area contributed by atoms with E-state index in [0.29, 0.717) is 84.1 Å². The van der Waals surface area contributed by atoms with E-state index >= 15 is 0 Å². The summed E-state index contributed by atoms with van der Waals surface area (Å²) in [5.74, 6) is 1.55. The Labute approximate surface area is 587 Å². The van der Waals surface area contributed by atoms with Crippen molar-refractivity contribution in [2.45, 2.75) is 109 Å². The Bertz CT molecular complexity index is 5060. The van der Waals surface area contributed by atoms with Crippen LogP contribution in [-0.2, 0) is 29.2 Å². The Kier molecular flexibility index (Phi) is 18.8. The number of nitrogens with zero attached hydrogens (tertiary/aromatic N) is 17. The first-order valence-electron chi connectivity index (χ1n) is 33.1. The molecule has 0 bridgehead atoms. The molecule has 0 radical (unpaired) electrons. The van der Waals surface area contributed by atoms with Gasteiger partial charge in [0.05, 0.1) is 71.1 Å². The Balaban J connectivity index is 0.000000108. The lowest BCUT2D eigenvalue weighted by atomic mass is 10.1. The van der Waals surface area contributed by atoms with Gasteiger partial charge in [0.25, 0.3) is 0 Å². The number of aliphatic hydroxyl groups excluding tert-OH is 1. The molecule has 4 aromatic carbocycles. The van der Waals surface area contributed by atoms with Crippen LogP contribution in [0.15, 0.2) is 133 Å². The van der Waals surface area contributed by atoms with Crippen molar-refractivity contribution in [1.29, 1.82) is 0 Å². The lowest BCUT2D eigenvalue weighted by Crippen LogP contribution is -2.31. The summed E-state index contributed by atoms with van der Waals surface area (Å²) >= 11 is 28.5. The summed E-state index contributed by atoms with van der Waals surface area (Å²) in [7, 11) is 0. The summed E-state index contributed by atoms with van der Waals surface area (Å²) in [6.45, 7) is 6.07. The van der Waals surface area contributed by atoms with Gasteiger partial charge in [0, 0.05) is 76.8 Å². The molecule has 21 nitrogen and oxygen atoms in total. The SMILES string of the molecule is Cc1ccc(-c2nn(CC(=O)N3CCCC3)c3nnc(-c4ccccc4)c(Cl)c23)s1.Clc1c(-c2ccccc2)nnc2n[nH]c(C3CC3)c12.O=C(Cn1nc(C2CC2)c2c(Cl)c(-c3ccccc3)nnc21)N1CCCC1.OCCn1nc(C2CC2)c2c(Cl)c(-c3ccccc3)nnc21. The number of aliphatic hydroxyl groups is 1. The quantitative estimate of drug-likeness (QED) is 0.103. The van der Waals surface area contributed by atoms with Crippen molar-refractivity contribution in [3.8, 4) is 55.6 Å². The number of rotatable bonds is 14. The average Bonchev–Trinajstić information content (AvgIpc) is 1.64. The Morgan fingerprint density at radius 2 is 0.847 bits per heavy atom. The second kappa shape index (κ2) is 28.4. The molecule has 13 aromatic rings. The summed E-state index contributed by atoms with van der Waals surface area (Å²) in [4.78, 5) is 31.3. The number of halogens is 4. The predicted octanol–water partition coefficient (Wildman–Crippen LogP) is 15.0. The van der Waals surface area contributed by atoms with Gasteiger partial charge in [0.15, 0.2) is 16.9 Å². The number of fused-ring (bicyclic) bond motifs is 4. The maximum absolute atomic E-state index is 12.8. The van der Waals surface area contributed by atoms with E-state index in [1.54, 1.807) is 25.4 Å². The highest BCUT2D eigenvalue weighted by Crippen LogP contribution is 2.48. The molecule has 3 saturated carbocycles. The number of carbonyl (C=O) groups excluding carboxylic acids is 2. The third-order valence-corrected chi connectivity index (χ3v) is 20.6. The minimum Gasteiger partial charge on any atom is -0.394 e. The van der Waals surface area contributed by atoms with E-state index in [1.165, 1.54) is 17.7 Å². The summed E-state index contributed by atoms with van der Waals surface area (Å²) in [6, 6.07) is 43.3. The van der Waals surface area contributed by atoms with E-state index in [0.717, 1.165) is 155 Å². The number of carbonyl (C=O) groups is 2. The number of aryl methyl sites for hydroxylation is 1. The topological polar surface area (TPSA) is 246 Å². The monoisotopic (exact) mass is 1400 g/mol. The van der Waals surface area contributed by atoms with Gasteiger partial charge in [-0.05, 0) is 83.3 Å². The van der Waals surface area contributed by atoms with Gasteiger partial charge in [-0.25, -0.2) is 14.0 Å². The zero-order valence-corrected chi connectivity index (χ0v) is 57.3. The minimum absolute atomic E-state index is 0.0145. The molecular formula is C72H66Cl4N18O3S. The molecule has 0 unspecified atom stereocenters. The lowest BCUT2D eigenvalue weighted by Gasteiger charge is -2.15. The molecule has 18 rings (SSSR count). The lowest BCUT2D eigenvalue weighted by molar-refractivity contribution is -0.131. The highest BCUT2D eigenvalue weighted by Gasteiger charge is 2.35. The van der Waals surface area contributed by atoms with Gasteiger partial charge >= 0.3 is 0 Å². The average molecular weight is 1410 g/mol. The number of hydrogen-bond donors (Lipinski definition) is 2. The fourth-order valence-corrected chi connectivity index (χ4v) is 14.8. The molecule has 11 heterocycles. The fraction of sp³-hybridized carbons (Fsp3) is 0.306. The predicted molar refractivity (Wildman–Crippen MR) is 382 cm³/mol. The fourth-order valence-electron chi connectivity index (χ4n) is 12.7. The summed E-state index contributed by atoms with van der Waals surface area (Å²) in [5, 5.41) is 70.9. The first kappa shape index (κ1) is 64.8. The zero-order chi connectivity index (χ0) is 67.0. The van der Waals surface area contributed by atoms with Gasteiger partial charge in [0.2, 0.25) is 17.5 Å². The van der Waals surface area contributed by atoms with E-state index < -0.39 is 0 Å². The van der Waals surface area contributed by atoms with Crippen LogP contribution in [0.4, 0.5) is 0 Å². The number of aromatic amines is 1. The largest absolute Gasteiger partial charge is 0.394 e. The van der Waals surface area contributed by atoms with Gasteiger partial charge in [-0.1, -0.05) is 168 Å². The van der Waals surface area contributed by atoms with Gasteiger partial charge < -0.3 is 14.9 Å². The smallest absolute Gasteiger partial charge is 0.244 e. The van der Waals surface area contributed by atoms with E-state index in [1.807, 2.05) is 137 Å². The van der Waals surface area contributed by atoms with Gasteiger partial charge in [-0.2, -0.15) is 20.4 Å². The van der Waals surface area contributed by atoms with E-state index in [2.05, 4.69) is 69.1 Å². The van der Waals surface area contributed by atoms with Crippen LogP contribution < -0.4 is 0 Å². The maximum Gasteiger partial charge on any atom is 0.244 e. The Morgan fingerprint density at radius 1 is 0.459 bits per heavy atom. The summed E-state index contributed by atoms with van der Waals surface area (Å²) in [5.41, 5.74) is 12.6. The standard InChI is InChI=1S/C22H20ClN5OS.C20H20ClN5O.C16H15ClN4O.C14H11ClN4/c1-14-9-10-16(30-14)21-18-19(23)20(15-7-3-2-4-8-15)24-25-22(18)28(26-21)13-17(29)27-11-5-6-12-27;21-17-16-18(14-8-9-14)24-26(12-15(27)25-10-4-5-11-25)20(16)23-22-19(17)13-6-2-1-3-7-13;17-13-12-14(11-6-7-11)20-21(8-9-22)16(12)19-18-15(13)10-4-2-1-3-5-10;15-11-10-12(9-6-7-9)16-18-14(10)19-17-13(11)8-4-2-1-3-5-8/h2-4,7-10H,5-6,11-13H2,1H3;1-3,6-7,14H,4-5,8-12H2;1-5,11,22H,6-9H2;1-5,9H,6-7H2,(H,16,18,19). The molecule has 0 spiro atoms. The molecule has 5 fully saturated rings. The molecule has 2 saturated heterocycles. The molecule has 0 atom stereocenters. The third-order valence-electron chi connectivity index (χ3n) is 18.2. The van der Waals surface area contributed by atoms with E-state index in [9.17, 15) is 14.7 Å². The Morgan fingerprint density at radius 3 is 1.27 bits per heavy atom. The van der Waals surface area contributed by atoms with Crippen molar-refractivity contribution in [2.24, 2.45) is 0 Å². The van der Waals surface area contributed by atoms with Gasteiger partial charge in [-0.15, -0.1) is 52.1 Å². The third kappa shape index (κ3) is 13.4. The second-order valence-electron chi connectivity index (χ2n) is 25.1. The normalized spacial score (nSPS) is 15.2. The zero-order valence-electron chi connectivity index (χ0n) is 53.4. The van der Waals surface area contributed by atoms with Crippen LogP contribution in [0, 0.1) is 6.92 Å². The first-order chi connectivity index (χ1) is 48.0. The van der Waals surface area contributed by atoms with Crippen molar-refractivity contribution < 1.29 is 14.7 Å². The summed E-state index contributed by atoms with van der Waals surface area (Å²) < 4.78 is 5.04. The highest BCUT2D eigenvalue weighted by atomic mass is 35.5. The highest BCUT2D eigenvalue weighted by molar-refractivity contribution is 7.15. The van der Waals surface area contributed by atoms with Crippen LogP contribution in [-0.4, -0.2) is 140 Å². The molecule has 496 valence electrons. The van der Waals surface area contributed by atoms with E-state index in [4.69, 9.17) is 56.6 Å². The molecule has 2 aliphatic heterocycles. The molecule has 2 N–H and O–H groups in total. The van der Waals surface area contributed by atoms with Crippen LogP contribution in [0.1, 0.15) is 104 Å². The van der Waals surface area contributed by atoms with Crippen molar-refractivity contribution in [3.63, 3.8) is 0 Å². The minimum atomic E-state index is 0.0145. The van der Waals surface area contributed by atoms with Crippen molar-refractivity contribution in [1.82, 2.24) is 90.1 Å². The molecule has 5 aliphatic rings. The number of hydrogen-bond acceptors (Lipinski definition) is 16. The van der Waals surface area contributed by atoms with Crippen molar-refractivity contribution in [2.75, 3.05) is 32.8 Å². The number of likely N-dealkylation sites (tertiary alicyclic amines) is 2. The molecule has 98 heavy (non-hydrogen) atoms. The van der Waals surface area contributed by atoms with Crippen LogP contribution in [0.5, 0.6) is 0 Å². The van der Waals surface area contributed by atoms with Gasteiger partial charge in [0.1, 0.15) is 41.6 Å². The number of H-pyrrole nitrogens is 1. The number of amides is 2. The Hall–Kier alpha value is -9.16.